The quantitative estimate of drug-likeness (QED) is 0.765. The second kappa shape index (κ2) is 7.38. The van der Waals surface area contributed by atoms with Crippen molar-refractivity contribution in [2.45, 2.75) is 26.3 Å². The number of amides is 1. The van der Waals surface area contributed by atoms with Crippen LogP contribution >= 0.6 is 0 Å². The summed E-state index contributed by atoms with van der Waals surface area (Å²) in [6, 6.07) is 5.60. The van der Waals surface area contributed by atoms with Gasteiger partial charge in [-0.3, -0.25) is 9.78 Å². The largest absolute Gasteiger partial charge is 0.359 e. The Labute approximate surface area is 124 Å². The molecule has 0 N–H and O–H groups in total. The van der Waals surface area contributed by atoms with Gasteiger partial charge in [-0.25, -0.2) is 0 Å². The molecular weight excluding hydrogens is 266 g/mol. The lowest BCUT2D eigenvalue weighted by Crippen LogP contribution is -2.25. The summed E-state index contributed by atoms with van der Waals surface area (Å²) in [6.07, 6.45) is 8.66. The van der Waals surface area contributed by atoms with Crippen LogP contribution in [0.3, 0.4) is 0 Å². The Morgan fingerprint density at radius 3 is 3.00 bits per heavy atom. The smallest absolute Gasteiger partial charge is 0.226 e. The predicted octanol–water partition coefficient (Wildman–Crippen LogP) is 3.05. The molecule has 2 aromatic heterocycles. The van der Waals surface area contributed by atoms with Crippen molar-refractivity contribution in [1.82, 2.24) is 15.0 Å². The fraction of sp³-hybridized carbons (Fsp3) is 0.312. The molecule has 0 fully saturated rings. The van der Waals surface area contributed by atoms with Crippen molar-refractivity contribution in [2.24, 2.45) is 0 Å². The summed E-state index contributed by atoms with van der Waals surface area (Å²) in [4.78, 5) is 17.6. The maximum absolute atomic E-state index is 11.9. The molecule has 110 valence electrons. The van der Waals surface area contributed by atoms with Gasteiger partial charge in [0.1, 0.15) is 5.69 Å². The van der Waals surface area contributed by atoms with Crippen LogP contribution in [0.1, 0.15) is 25.5 Å². The van der Waals surface area contributed by atoms with Gasteiger partial charge in [0, 0.05) is 37.5 Å². The molecule has 0 unspecified atom stereocenters. The minimum Gasteiger partial charge on any atom is -0.359 e. The summed E-state index contributed by atoms with van der Waals surface area (Å²) in [5.41, 5.74) is 1.62. The van der Waals surface area contributed by atoms with E-state index >= 15 is 0 Å². The van der Waals surface area contributed by atoms with E-state index in [1.165, 1.54) is 0 Å². The molecular formula is C16H19N3O2. The third-order valence-corrected chi connectivity index (χ3v) is 3.03. The first-order valence-corrected chi connectivity index (χ1v) is 6.95. The predicted molar refractivity (Wildman–Crippen MR) is 80.3 cm³/mol. The average Bonchev–Trinajstić information content (AvgIpc) is 2.97. The van der Waals surface area contributed by atoms with Crippen molar-refractivity contribution in [3.63, 3.8) is 0 Å². The van der Waals surface area contributed by atoms with E-state index in [1.807, 2.05) is 37.3 Å². The Bertz CT molecular complexity index is 605. The van der Waals surface area contributed by atoms with Gasteiger partial charge in [-0.1, -0.05) is 24.2 Å². The fourth-order valence-corrected chi connectivity index (χ4v) is 1.87. The maximum atomic E-state index is 11.9. The van der Waals surface area contributed by atoms with Crippen molar-refractivity contribution >= 4 is 5.91 Å². The van der Waals surface area contributed by atoms with Gasteiger partial charge >= 0.3 is 0 Å². The van der Waals surface area contributed by atoms with Gasteiger partial charge in [0.25, 0.3) is 0 Å². The van der Waals surface area contributed by atoms with Crippen LogP contribution in [0.5, 0.6) is 0 Å². The molecule has 0 spiro atoms. The molecule has 0 aromatic carbocycles. The molecule has 0 aliphatic carbocycles. The van der Waals surface area contributed by atoms with E-state index in [1.54, 1.807) is 24.3 Å². The maximum Gasteiger partial charge on any atom is 0.226 e. The Kier molecular flexibility index (Phi) is 5.26. The third-order valence-electron chi connectivity index (χ3n) is 3.03. The highest BCUT2D eigenvalue weighted by molar-refractivity contribution is 5.77. The van der Waals surface area contributed by atoms with E-state index in [0.29, 0.717) is 18.7 Å². The molecule has 0 bridgehead atoms. The number of aromatic nitrogens is 2. The number of allylic oxidation sites excluding steroid dienone is 1. The standard InChI is InChI=1S/C16H19N3O2/c1-3-4-5-8-16(20)19(2)12-14-10-15(18-21-14)13-7-6-9-17-11-13/h4-7,9-11H,3,8,12H2,1-2H3. The molecule has 0 aliphatic rings. The van der Waals surface area contributed by atoms with Crippen LogP contribution in [0.4, 0.5) is 0 Å². The summed E-state index contributed by atoms with van der Waals surface area (Å²) < 4.78 is 5.28. The monoisotopic (exact) mass is 285 g/mol. The van der Waals surface area contributed by atoms with E-state index in [-0.39, 0.29) is 5.91 Å². The zero-order chi connectivity index (χ0) is 15.1. The second-order valence-corrected chi connectivity index (χ2v) is 4.75. The molecule has 2 heterocycles. The number of carbonyl (C=O) groups is 1. The Hall–Kier alpha value is -2.43. The Morgan fingerprint density at radius 1 is 1.43 bits per heavy atom. The van der Waals surface area contributed by atoms with Crippen LogP contribution in [0.2, 0.25) is 0 Å². The van der Waals surface area contributed by atoms with E-state index in [9.17, 15) is 4.79 Å². The van der Waals surface area contributed by atoms with Gasteiger partial charge in [-0.15, -0.1) is 0 Å². The molecule has 0 atom stereocenters. The summed E-state index contributed by atoms with van der Waals surface area (Å²) in [7, 11) is 1.76. The lowest BCUT2D eigenvalue weighted by Gasteiger charge is -2.13. The van der Waals surface area contributed by atoms with Gasteiger partial charge in [-0.2, -0.15) is 0 Å². The highest BCUT2D eigenvalue weighted by Crippen LogP contribution is 2.18. The number of carbonyl (C=O) groups excluding carboxylic acids is 1. The van der Waals surface area contributed by atoms with Crippen molar-refractivity contribution in [3.8, 4) is 11.3 Å². The Morgan fingerprint density at radius 2 is 2.29 bits per heavy atom. The number of hydrogen-bond donors (Lipinski definition) is 0. The topological polar surface area (TPSA) is 59.2 Å². The van der Waals surface area contributed by atoms with Crippen LogP contribution in [0, 0.1) is 0 Å². The van der Waals surface area contributed by atoms with E-state index < -0.39 is 0 Å². The zero-order valence-electron chi connectivity index (χ0n) is 12.3. The lowest BCUT2D eigenvalue weighted by atomic mass is 10.2. The van der Waals surface area contributed by atoms with E-state index in [0.717, 1.165) is 17.7 Å². The van der Waals surface area contributed by atoms with Crippen LogP contribution in [-0.2, 0) is 11.3 Å². The summed E-state index contributed by atoms with van der Waals surface area (Å²) in [6.45, 7) is 2.45. The molecule has 0 saturated carbocycles. The summed E-state index contributed by atoms with van der Waals surface area (Å²) >= 11 is 0. The highest BCUT2D eigenvalue weighted by atomic mass is 16.5. The zero-order valence-corrected chi connectivity index (χ0v) is 12.3. The SMILES string of the molecule is CCC=CCC(=O)N(C)Cc1cc(-c2cccnc2)no1. The van der Waals surface area contributed by atoms with Crippen LogP contribution in [0.25, 0.3) is 11.3 Å². The average molecular weight is 285 g/mol. The molecule has 21 heavy (non-hydrogen) atoms. The van der Waals surface area contributed by atoms with Gasteiger partial charge in [0.2, 0.25) is 5.91 Å². The van der Waals surface area contributed by atoms with Gasteiger partial charge in [0.15, 0.2) is 5.76 Å². The van der Waals surface area contributed by atoms with Gasteiger partial charge in [-0.05, 0) is 18.6 Å². The number of hydrogen-bond acceptors (Lipinski definition) is 4. The minimum absolute atomic E-state index is 0.0547. The lowest BCUT2D eigenvalue weighted by molar-refractivity contribution is -0.129. The molecule has 2 aromatic rings. The van der Waals surface area contributed by atoms with Crippen molar-refractivity contribution in [2.75, 3.05) is 7.05 Å². The van der Waals surface area contributed by atoms with Crippen molar-refractivity contribution < 1.29 is 9.32 Å². The molecule has 5 heteroatoms. The van der Waals surface area contributed by atoms with Crippen LogP contribution in [0.15, 0.2) is 47.3 Å². The molecule has 0 aliphatic heterocycles. The third kappa shape index (κ3) is 4.27. The van der Waals surface area contributed by atoms with E-state index in [4.69, 9.17) is 4.52 Å². The van der Waals surface area contributed by atoms with Crippen molar-refractivity contribution in [1.29, 1.82) is 0 Å². The number of nitrogens with zero attached hydrogens (tertiary/aromatic N) is 3. The first-order valence-electron chi connectivity index (χ1n) is 6.95. The first-order chi connectivity index (χ1) is 10.2. The number of pyridine rings is 1. The molecule has 1 amide bonds. The second-order valence-electron chi connectivity index (χ2n) is 4.75. The van der Waals surface area contributed by atoms with Crippen LogP contribution in [-0.4, -0.2) is 28.0 Å². The van der Waals surface area contributed by atoms with Crippen LogP contribution < -0.4 is 0 Å². The molecule has 5 nitrogen and oxygen atoms in total. The summed E-state index contributed by atoms with van der Waals surface area (Å²) in [5.74, 6) is 0.711. The van der Waals surface area contributed by atoms with Gasteiger partial charge < -0.3 is 9.42 Å². The number of rotatable bonds is 6. The van der Waals surface area contributed by atoms with E-state index in [2.05, 4.69) is 10.1 Å². The van der Waals surface area contributed by atoms with Crippen molar-refractivity contribution in [3.05, 3.63) is 48.5 Å². The summed E-state index contributed by atoms with van der Waals surface area (Å²) in [5, 5.41) is 4.01. The molecule has 0 saturated heterocycles. The first kappa shape index (κ1) is 15.0. The minimum atomic E-state index is 0.0547. The highest BCUT2D eigenvalue weighted by Gasteiger charge is 2.12. The fourth-order valence-electron chi connectivity index (χ4n) is 1.87. The normalized spacial score (nSPS) is 11.0. The van der Waals surface area contributed by atoms with Gasteiger partial charge in [0.05, 0.1) is 6.54 Å². The molecule has 0 radical (unpaired) electrons. The Balaban J connectivity index is 1.96. The molecule has 2 rings (SSSR count).